The lowest BCUT2D eigenvalue weighted by Crippen LogP contribution is -2.51. The highest BCUT2D eigenvalue weighted by Gasteiger charge is 2.23. The van der Waals surface area contributed by atoms with E-state index < -0.39 is 0 Å². The Labute approximate surface area is 67.7 Å². The first kappa shape index (κ1) is 7.53. The van der Waals surface area contributed by atoms with Crippen molar-refractivity contribution in [1.82, 2.24) is 10.4 Å². The number of hydrogen-bond donors (Lipinski definition) is 1. The summed E-state index contributed by atoms with van der Waals surface area (Å²) in [6.45, 7) is 3.20. The molecule has 3 nitrogen and oxygen atoms in total. The molecule has 2 saturated heterocycles. The first-order chi connectivity index (χ1) is 5.47. The predicted molar refractivity (Wildman–Crippen MR) is 42.9 cm³/mol. The number of nitrogens with one attached hydrogen (secondary N) is 1. The van der Waals surface area contributed by atoms with Gasteiger partial charge in [0.15, 0.2) is 0 Å². The van der Waals surface area contributed by atoms with Gasteiger partial charge in [0.25, 0.3) is 0 Å². The average Bonchev–Trinajstić information content (AvgIpc) is 2.28. The molecule has 0 spiro atoms. The van der Waals surface area contributed by atoms with E-state index in [1.165, 1.54) is 32.2 Å². The summed E-state index contributed by atoms with van der Waals surface area (Å²) in [5.74, 6) is 0. The highest BCUT2D eigenvalue weighted by Crippen LogP contribution is 2.16. The molecular formula is C8H16N2O. The van der Waals surface area contributed by atoms with E-state index in [0.717, 1.165) is 13.2 Å². The minimum absolute atomic E-state index is 0.506. The van der Waals surface area contributed by atoms with Crippen LogP contribution < -0.4 is 5.48 Å². The maximum Gasteiger partial charge on any atom is 0.0838 e. The van der Waals surface area contributed by atoms with Crippen molar-refractivity contribution >= 4 is 0 Å². The highest BCUT2D eigenvalue weighted by atomic mass is 16.7. The second-order valence-electron chi connectivity index (χ2n) is 3.37. The van der Waals surface area contributed by atoms with Crippen LogP contribution in [0, 0.1) is 0 Å². The lowest BCUT2D eigenvalue weighted by atomic mass is 10.2. The molecule has 2 rings (SSSR count). The smallest absolute Gasteiger partial charge is 0.0838 e. The van der Waals surface area contributed by atoms with Crippen molar-refractivity contribution in [3.63, 3.8) is 0 Å². The van der Waals surface area contributed by atoms with Crippen LogP contribution in [0.4, 0.5) is 0 Å². The second kappa shape index (κ2) is 3.52. The van der Waals surface area contributed by atoms with Gasteiger partial charge in [-0.05, 0) is 19.4 Å². The van der Waals surface area contributed by atoms with Crippen molar-refractivity contribution in [2.24, 2.45) is 0 Å². The van der Waals surface area contributed by atoms with Crippen molar-refractivity contribution in [3.8, 4) is 0 Å². The monoisotopic (exact) mass is 156 g/mol. The summed E-state index contributed by atoms with van der Waals surface area (Å²) in [7, 11) is 0. The first-order valence-electron chi connectivity index (χ1n) is 4.58. The number of fused-ring (bicyclic) bond motifs is 1. The Hall–Kier alpha value is -0.120. The average molecular weight is 156 g/mol. The van der Waals surface area contributed by atoms with Crippen LogP contribution in [0.3, 0.4) is 0 Å². The van der Waals surface area contributed by atoms with Gasteiger partial charge in [0.1, 0.15) is 0 Å². The molecule has 1 N–H and O–H groups in total. The van der Waals surface area contributed by atoms with Crippen LogP contribution in [0.15, 0.2) is 0 Å². The van der Waals surface area contributed by atoms with Gasteiger partial charge in [-0.25, -0.2) is 0 Å². The van der Waals surface area contributed by atoms with E-state index in [-0.39, 0.29) is 0 Å². The Morgan fingerprint density at radius 1 is 1.18 bits per heavy atom. The summed E-state index contributed by atoms with van der Waals surface area (Å²) < 4.78 is 0. The molecule has 2 aliphatic rings. The van der Waals surface area contributed by atoms with Gasteiger partial charge in [-0.1, -0.05) is 12.8 Å². The summed E-state index contributed by atoms with van der Waals surface area (Å²) in [6, 6.07) is 0. The largest absolute Gasteiger partial charge is 0.299 e. The molecule has 0 saturated carbocycles. The molecule has 2 fully saturated rings. The topological polar surface area (TPSA) is 24.5 Å². The zero-order valence-corrected chi connectivity index (χ0v) is 6.88. The quantitative estimate of drug-likeness (QED) is 0.559. The molecule has 64 valence electrons. The molecule has 0 aromatic rings. The van der Waals surface area contributed by atoms with Gasteiger partial charge in [-0.3, -0.25) is 9.74 Å². The third-order valence-electron chi connectivity index (χ3n) is 2.56. The minimum Gasteiger partial charge on any atom is -0.299 e. The molecule has 0 aromatic heterocycles. The zero-order chi connectivity index (χ0) is 7.52. The van der Waals surface area contributed by atoms with Crippen LogP contribution in [0.2, 0.25) is 0 Å². The summed E-state index contributed by atoms with van der Waals surface area (Å²) in [5.41, 5.74) is 3.09. The number of rotatable bonds is 0. The van der Waals surface area contributed by atoms with Crippen molar-refractivity contribution < 1.29 is 4.84 Å². The van der Waals surface area contributed by atoms with Gasteiger partial charge in [-0.15, -0.1) is 0 Å². The van der Waals surface area contributed by atoms with E-state index in [1.54, 1.807) is 0 Å². The van der Waals surface area contributed by atoms with E-state index in [9.17, 15) is 0 Å². The van der Waals surface area contributed by atoms with E-state index >= 15 is 0 Å². The fraction of sp³-hybridized carbons (Fsp3) is 1.00. The molecule has 1 unspecified atom stereocenters. The van der Waals surface area contributed by atoms with Gasteiger partial charge in [-0.2, -0.15) is 5.48 Å². The maximum absolute atomic E-state index is 5.20. The maximum atomic E-state index is 5.20. The number of hydroxylamine groups is 1. The Kier molecular flexibility index (Phi) is 2.41. The van der Waals surface area contributed by atoms with Crippen molar-refractivity contribution in [2.45, 2.75) is 31.8 Å². The van der Waals surface area contributed by atoms with Gasteiger partial charge in [0, 0.05) is 6.54 Å². The molecule has 0 amide bonds. The summed E-state index contributed by atoms with van der Waals surface area (Å²) >= 11 is 0. The molecule has 0 aliphatic carbocycles. The Bertz CT molecular complexity index is 115. The van der Waals surface area contributed by atoms with Gasteiger partial charge < -0.3 is 0 Å². The van der Waals surface area contributed by atoms with Gasteiger partial charge in [0.2, 0.25) is 0 Å². The Morgan fingerprint density at radius 2 is 2.18 bits per heavy atom. The lowest BCUT2D eigenvalue weighted by Gasteiger charge is -2.34. The van der Waals surface area contributed by atoms with Crippen LogP contribution in [0.1, 0.15) is 25.7 Å². The first-order valence-corrected chi connectivity index (χ1v) is 4.58. The van der Waals surface area contributed by atoms with E-state index in [0.29, 0.717) is 6.17 Å². The highest BCUT2D eigenvalue weighted by molar-refractivity contribution is 4.72. The minimum atomic E-state index is 0.506. The van der Waals surface area contributed by atoms with Crippen LogP contribution in [0.25, 0.3) is 0 Å². The van der Waals surface area contributed by atoms with Crippen molar-refractivity contribution in [2.75, 3.05) is 19.7 Å². The fourth-order valence-electron chi connectivity index (χ4n) is 1.89. The summed E-state index contributed by atoms with van der Waals surface area (Å²) in [4.78, 5) is 7.70. The van der Waals surface area contributed by atoms with Crippen molar-refractivity contribution in [1.29, 1.82) is 0 Å². The SMILES string of the molecule is C1CCC2NOCCN2CC1. The molecule has 1 atom stereocenters. The van der Waals surface area contributed by atoms with Crippen LogP contribution in [-0.2, 0) is 4.84 Å². The number of nitrogens with zero attached hydrogens (tertiary/aromatic N) is 1. The van der Waals surface area contributed by atoms with Crippen LogP contribution >= 0.6 is 0 Å². The third-order valence-corrected chi connectivity index (χ3v) is 2.56. The molecule has 0 radical (unpaired) electrons. The zero-order valence-electron chi connectivity index (χ0n) is 6.88. The normalized spacial score (nSPS) is 34.4. The summed E-state index contributed by atoms with van der Waals surface area (Å²) in [6.07, 6.45) is 5.84. The van der Waals surface area contributed by atoms with Crippen molar-refractivity contribution in [3.05, 3.63) is 0 Å². The van der Waals surface area contributed by atoms with E-state index in [1.807, 2.05) is 0 Å². The molecule has 0 bridgehead atoms. The van der Waals surface area contributed by atoms with E-state index in [2.05, 4.69) is 10.4 Å². The van der Waals surface area contributed by atoms with Crippen LogP contribution in [0.5, 0.6) is 0 Å². The second-order valence-corrected chi connectivity index (χ2v) is 3.37. The van der Waals surface area contributed by atoms with E-state index in [4.69, 9.17) is 4.84 Å². The molecule has 2 heterocycles. The third kappa shape index (κ3) is 1.72. The molecule has 0 aromatic carbocycles. The standard InChI is InChI=1S/C8H16N2O/c1-2-4-8-9-11-7-6-10(8)5-3-1/h8-9H,1-7H2. The number of hydrogen-bond acceptors (Lipinski definition) is 3. The van der Waals surface area contributed by atoms with Crippen LogP contribution in [-0.4, -0.2) is 30.8 Å². The molecule has 3 heteroatoms. The predicted octanol–water partition coefficient (Wildman–Crippen LogP) is 0.723. The summed E-state index contributed by atoms with van der Waals surface area (Å²) in [5, 5.41) is 0. The van der Waals surface area contributed by atoms with Gasteiger partial charge in [0.05, 0.1) is 12.8 Å². The fourth-order valence-corrected chi connectivity index (χ4v) is 1.89. The Balaban J connectivity index is 1.93. The molecular weight excluding hydrogens is 140 g/mol. The molecule has 2 aliphatic heterocycles. The molecule has 11 heavy (non-hydrogen) atoms. The van der Waals surface area contributed by atoms with Gasteiger partial charge >= 0.3 is 0 Å². The lowest BCUT2D eigenvalue weighted by molar-refractivity contribution is -0.0883. The Morgan fingerprint density at radius 3 is 3.18 bits per heavy atom.